The van der Waals surface area contributed by atoms with Crippen molar-refractivity contribution in [3.8, 4) is 0 Å². The van der Waals surface area contributed by atoms with Crippen molar-refractivity contribution in [2.24, 2.45) is 7.05 Å². The molecule has 11 heteroatoms. The van der Waals surface area contributed by atoms with Crippen LogP contribution in [0.5, 0.6) is 0 Å². The summed E-state index contributed by atoms with van der Waals surface area (Å²) in [5.41, 5.74) is 1.78. The molecule has 0 atom stereocenters. The molecule has 0 amide bonds. The van der Waals surface area contributed by atoms with Crippen LogP contribution in [0.1, 0.15) is 12.8 Å². The van der Waals surface area contributed by atoms with Crippen molar-refractivity contribution in [3.63, 3.8) is 0 Å². The first-order valence-corrected chi connectivity index (χ1v) is 10.8. The van der Waals surface area contributed by atoms with Gasteiger partial charge in [0.15, 0.2) is 11.4 Å². The van der Waals surface area contributed by atoms with E-state index in [9.17, 15) is 13.2 Å². The fourth-order valence-corrected chi connectivity index (χ4v) is 4.38. The molecule has 0 spiro atoms. The number of hydrogen-bond donors (Lipinski definition) is 2. The number of hydrogen-bond acceptors (Lipinski definition) is 8. The van der Waals surface area contributed by atoms with E-state index in [2.05, 4.69) is 25.1 Å². The average Bonchev–Trinajstić information content (AvgIpc) is 3.34. The molecule has 1 aliphatic heterocycles. The van der Waals surface area contributed by atoms with Gasteiger partial charge in [-0.25, -0.2) is 17.9 Å². The van der Waals surface area contributed by atoms with Crippen LogP contribution in [-0.2, 0) is 17.1 Å². The van der Waals surface area contributed by atoms with Crippen molar-refractivity contribution in [2.45, 2.75) is 17.7 Å². The van der Waals surface area contributed by atoms with Gasteiger partial charge in [0.2, 0.25) is 10.0 Å². The van der Waals surface area contributed by atoms with E-state index in [0.29, 0.717) is 23.5 Å². The van der Waals surface area contributed by atoms with Crippen molar-refractivity contribution in [1.29, 1.82) is 0 Å². The van der Waals surface area contributed by atoms with Crippen LogP contribution in [0, 0.1) is 0 Å². The van der Waals surface area contributed by atoms with Crippen molar-refractivity contribution in [2.75, 3.05) is 36.4 Å². The lowest BCUT2D eigenvalue weighted by Gasteiger charge is -2.17. The fourth-order valence-electron chi connectivity index (χ4n) is 3.32. The van der Waals surface area contributed by atoms with E-state index in [1.807, 2.05) is 6.07 Å². The minimum Gasteiger partial charge on any atom is -0.408 e. The second-order valence-electron chi connectivity index (χ2n) is 6.87. The van der Waals surface area contributed by atoms with Crippen molar-refractivity contribution in [1.82, 2.24) is 19.5 Å². The summed E-state index contributed by atoms with van der Waals surface area (Å²) in [5.74, 6) is 0.0624. The van der Waals surface area contributed by atoms with Gasteiger partial charge in [-0.15, -0.1) is 5.10 Å². The van der Waals surface area contributed by atoms with Crippen LogP contribution in [0.15, 0.2) is 44.6 Å². The fraction of sp³-hybridized carbons (Fsp3) is 0.389. The number of anilines is 2. The van der Waals surface area contributed by atoms with Gasteiger partial charge < -0.3 is 14.6 Å². The van der Waals surface area contributed by atoms with Gasteiger partial charge in [0.25, 0.3) is 0 Å². The van der Waals surface area contributed by atoms with E-state index in [1.165, 1.54) is 42.7 Å². The summed E-state index contributed by atoms with van der Waals surface area (Å²) < 4.78 is 33.9. The van der Waals surface area contributed by atoms with Gasteiger partial charge in [0.05, 0.1) is 22.3 Å². The van der Waals surface area contributed by atoms with E-state index < -0.39 is 15.8 Å². The molecule has 3 aromatic rings. The van der Waals surface area contributed by atoms with Crippen LogP contribution in [-0.4, -0.2) is 49.4 Å². The molecule has 2 N–H and O–H groups in total. The SMILES string of the molecule is Cn1c(=O)oc2ccc(S(=O)(=O)NCCNc3cc(N4CCCC4)cnn3)cc21. The third-order valence-electron chi connectivity index (χ3n) is 4.91. The Morgan fingerprint density at radius 1 is 1.17 bits per heavy atom. The smallest absolute Gasteiger partial charge is 0.408 e. The minimum absolute atomic E-state index is 0.0669. The highest BCUT2D eigenvalue weighted by atomic mass is 32.2. The Labute approximate surface area is 167 Å². The second-order valence-corrected chi connectivity index (χ2v) is 8.64. The second kappa shape index (κ2) is 7.84. The summed E-state index contributed by atoms with van der Waals surface area (Å²) >= 11 is 0. The largest absolute Gasteiger partial charge is 0.419 e. The molecule has 10 nitrogen and oxygen atoms in total. The first kappa shape index (κ1) is 19.4. The summed E-state index contributed by atoms with van der Waals surface area (Å²) in [4.78, 5) is 13.9. The molecule has 0 saturated carbocycles. The molecule has 3 heterocycles. The summed E-state index contributed by atoms with van der Waals surface area (Å²) in [6, 6.07) is 6.22. The molecule has 154 valence electrons. The van der Waals surface area contributed by atoms with Crippen LogP contribution in [0.3, 0.4) is 0 Å². The van der Waals surface area contributed by atoms with Crippen molar-refractivity contribution in [3.05, 3.63) is 41.0 Å². The number of aromatic nitrogens is 3. The maximum absolute atomic E-state index is 12.5. The number of nitrogens with zero attached hydrogens (tertiary/aromatic N) is 4. The maximum atomic E-state index is 12.5. The number of fused-ring (bicyclic) bond motifs is 1. The number of rotatable bonds is 7. The standard InChI is InChI=1S/C18H22N6O4S/c1-23-15-11-14(4-5-16(15)28-18(23)25)29(26,27)21-7-6-19-17-10-13(12-20-22-17)24-8-2-3-9-24/h4-5,10-12,21H,2-3,6-9H2,1H3,(H,19,22). The van der Waals surface area contributed by atoms with Crippen LogP contribution in [0.4, 0.5) is 11.5 Å². The molecule has 4 rings (SSSR count). The predicted molar refractivity (Wildman–Crippen MR) is 109 cm³/mol. The molecule has 0 bridgehead atoms. The topological polar surface area (TPSA) is 122 Å². The molecule has 1 aromatic carbocycles. The first-order chi connectivity index (χ1) is 13.9. The predicted octanol–water partition coefficient (Wildman–Crippen LogP) is 0.912. The van der Waals surface area contributed by atoms with Gasteiger partial charge >= 0.3 is 5.76 Å². The first-order valence-electron chi connectivity index (χ1n) is 9.35. The van der Waals surface area contributed by atoms with Crippen LogP contribution >= 0.6 is 0 Å². The quantitative estimate of drug-likeness (QED) is 0.543. The molecule has 0 unspecified atom stereocenters. The highest BCUT2D eigenvalue weighted by molar-refractivity contribution is 7.89. The Morgan fingerprint density at radius 2 is 1.97 bits per heavy atom. The van der Waals surface area contributed by atoms with Crippen molar-refractivity contribution >= 4 is 32.6 Å². The Balaban J connectivity index is 1.37. The minimum atomic E-state index is -3.73. The van der Waals surface area contributed by atoms with E-state index >= 15 is 0 Å². The van der Waals surface area contributed by atoms with E-state index in [-0.39, 0.29) is 11.4 Å². The maximum Gasteiger partial charge on any atom is 0.419 e. The molecule has 1 aliphatic rings. The normalized spacial score (nSPS) is 14.6. The number of aryl methyl sites for hydroxylation is 1. The Hall–Kier alpha value is -2.92. The highest BCUT2D eigenvalue weighted by Gasteiger charge is 2.17. The van der Waals surface area contributed by atoms with Gasteiger partial charge in [-0.1, -0.05) is 0 Å². The van der Waals surface area contributed by atoms with E-state index in [1.54, 1.807) is 6.20 Å². The molecule has 2 aromatic heterocycles. The van der Waals surface area contributed by atoms with Crippen molar-refractivity contribution < 1.29 is 12.8 Å². The summed E-state index contributed by atoms with van der Waals surface area (Å²) in [5, 5.41) is 11.1. The molecule has 0 radical (unpaired) electrons. The summed E-state index contributed by atoms with van der Waals surface area (Å²) in [6.07, 6.45) is 4.08. The van der Waals surface area contributed by atoms with Crippen LogP contribution < -0.4 is 20.7 Å². The summed E-state index contributed by atoms with van der Waals surface area (Å²) in [6.45, 7) is 2.54. The molecule has 1 fully saturated rings. The lowest BCUT2D eigenvalue weighted by molar-refractivity contribution is 0.528. The van der Waals surface area contributed by atoms with Crippen LogP contribution in [0.2, 0.25) is 0 Å². The average molecular weight is 418 g/mol. The number of benzene rings is 1. The number of oxazole rings is 1. The van der Waals surface area contributed by atoms with Gasteiger partial charge in [-0.05, 0) is 31.0 Å². The summed E-state index contributed by atoms with van der Waals surface area (Å²) in [7, 11) is -2.20. The molecule has 0 aliphatic carbocycles. The molecule has 1 saturated heterocycles. The molecule has 29 heavy (non-hydrogen) atoms. The lowest BCUT2D eigenvalue weighted by atomic mass is 10.3. The molecular formula is C18H22N6O4S. The van der Waals surface area contributed by atoms with Gasteiger partial charge in [0, 0.05) is 39.3 Å². The van der Waals surface area contributed by atoms with E-state index in [4.69, 9.17) is 4.42 Å². The number of nitrogens with one attached hydrogen (secondary N) is 2. The zero-order valence-electron chi connectivity index (χ0n) is 16.0. The van der Waals surface area contributed by atoms with Gasteiger partial charge in [-0.3, -0.25) is 4.57 Å². The monoisotopic (exact) mass is 418 g/mol. The third-order valence-corrected chi connectivity index (χ3v) is 6.37. The Morgan fingerprint density at radius 3 is 2.76 bits per heavy atom. The molecular weight excluding hydrogens is 396 g/mol. The lowest BCUT2D eigenvalue weighted by Crippen LogP contribution is -2.29. The number of sulfonamides is 1. The zero-order valence-corrected chi connectivity index (χ0v) is 16.8. The zero-order chi connectivity index (χ0) is 20.4. The Kier molecular flexibility index (Phi) is 5.24. The third kappa shape index (κ3) is 4.10. The van der Waals surface area contributed by atoms with Crippen LogP contribution in [0.25, 0.3) is 11.1 Å². The highest BCUT2D eigenvalue weighted by Crippen LogP contribution is 2.21. The van der Waals surface area contributed by atoms with E-state index in [0.717, 1.165) is 18.8 Å². The van der Waals surface area contributed by atoms with Gasteiger partial charge in [-0.2, -0.15) is 5.10 Å². The Bertz CT molecular complexity index is 1180. The van der Waals surface area contributed by atoms with Gasteiger partial charge in [0.1, 0.15) is 0 Å².